The van der Waals surface area contributed by atoms with E-state index < -0.39 is 23.6 Å². The van der Waals surface area contributed by atoms with Crippen molar-refractivity contribution >= 4 is 68.1 Å². The number of para-hydroxylation sites is 1. The van der Waals surface area contributed by atoms with Gasteiger partial charge in [-0.2, -0.15) is 0 Å². The molecule has 4 rings (SSSR count). The van der Waals surface area contributed by atoms with Crippen LogP contribution in [0.25, 0.3) is 6.08 Å². The Bertz CT molecular complexity index is 1390. The van der Waals surface area contributed by atoms with Crippen LogP contribution in [-0.4, -0.2) is 35.6 Å². The molecular formula is C27H22BrClN2O5S. The molecule has 7 nitrogen and oxygen atoms in total. The molecule has 0 unspecified atom stereocenters. The van der Waals surface area contributed by atoms with E-state index in [1.54, 1.807) is 42.5 Å². The van der Waals surface area contributed by atoms with Crippen LogP contribution in [0.1, 0.15) is 16.7 Å². The Morgan fingerprint density at radius 3 is 2.54 bits per heavy atom. The predicted octanol–water partition coefficient (Wildman–Crippen LogP) is 6.67. The lowest BCUT2D eigenvalue weighted by atomic mass is 10.1. The van der Waals surface area contributed by atoms with Crippen LogP contribution in [0, 0.1) is 6.92 Å². The summed E-state index contributed by atoms with van der Waals surface area (Å²) < 4.78 is 12.1. The zero-order valence-corrected chi connectivity index (χ0v) is 23.1. The molecule has 1 saturated heterocycles. The number of benzene rings is 3. The first-order valence-corrected chi connectivity index (χ1v) is 13.1. The van der Waals surface area contributed by atoms with Crippen LogP contribution >= 0.6 is 39.3 Å². The Morgan fingerprint density at radius 1 is 1.11 bits per heavy atom. The largest absolute Gasteiger partial charge is 0.493 e. The minimum atomic E-state index is -0.560. The molecule has 0 aliphatic carbocycles. The minimum Gasteiger partial charge on any atom is -0.493 e. The molecule has 3 aromatic rings. The van der Waals surface area contributed by atoms with Crippen molar-refractivity contribution in [2.45, 2.75) is 13.5 Å². The van der Waals surface area contributed by atoms with Crippen LogP contribution in [0.4, 0.5) is 10.5 Å². The van der Waals surface area contributed by atoms with E-state index in [1.807, 2.05) is 31.2 Å². The second-order valence-electron chi connectivity index (χ2n) is 8.09. The van der Waals surface area contributed by atoms with E-state index in [-0.39, 0.29) is 4.91 Å². The third kappa shape index (κ3) is 6.54. The summed E-state index contributed by atoms with van der Waals surface area (Å²) in [6, 6.07) is 18.2. The number of methoxy groups -OCH3 is 1. The molecule has 0 atom stereocenters. The van der Waals surface area contributed by atoms with Crippen molar-refractivity contribution in [1.29, 1.82) is 0 Å². The minimum absolute atomic E-state index is 0.187. The van der Waals surface area contributed by atoms with Gasteiger partial charge in [-0.3, -0.25) is 19.3 Å². The van der Waals surface area contributed by atoms with E-state index in [0.717, 1.165) is 22.2 Å². The number of nitrogens with zero attached hydrogens (tertiary/aromatic N) is 1. The van der Waals surface area contributed by atoms with Crippen molar-refractivity contribution in [2.24, 2.45) is 0 Å². The van der Waals surface area contributed by atoms with Crippen molar-refractivity contribution in [2.75, 3.05) is 19.0 Å². The van der Waals surface area contributed by atoms with Gasteiger partial charge in [0.25, 0.3) is 11.1 Å². The fourth-order valence-electron chi connectivity index (χ4n) is 3.45. The maximum Gasteiger partial charge on any atom is 0.294 e. The molecule has 0 aromatic heterocycles. The SMILES string of the molecule is COc1cc(/C=C2/SC(=O)N(CC(=O)Nc3ccccc3Cl)C2=O)c(Br)cc1OCc1ccc(C)cc1. The normalized spacial score (nSPS) is 14.3. The molecule has 1 N–H and O–H groups in total. The van der Waals surface area contributed by atoms with Gasteiger partial charge >= 0.3 is 0 Å². The molecule has 190 valence electrons. The number of ether oxygens (including phenoxy) is 2. The van der Waals surface area contributed by atoms with Gasteiger partial charge in [-0.1, -0.05) is 69.5 Å². The predicted molar refractivity (Wildman–Crippen MR) is 149 cm³/mol. The van der Waals surface area contributed by atoms with E-state index in [1.165, 1.54) is 12.7 Å². The highest BCUT2D eigenvalue weighted by atomic mass is 79.9. The van der Waals surface area contributed by atoms with Crippen LogP contribution in [0.15, 0.2) is 70.0 Å². The Hall–Kier alpha value is -3.27. The molecule has 37 heavy (non-hydrogen) atoms. The maximum absolute atomic E-state index is 12.9. The smallest absolute Gasteiger partial charge is 0.294 e. The first-order valence-electron chi connectivity index (χ1n) is 11.1. The number of thioether (sulfide) groups is 1. The zero-order valence-electron chi connectivity index (χ0n) is 19.9. The second-order valence-corrected chi connectivity index (χ2v) is 10.3. The number of hydrogen-bond acceptors (Lipinski definition) is 6. The van der Waals surface area contributed by atoms with Gasteiger partial charge in [-0.15, -0.1) is 0 Å². The number of carbonyl (C=O) groups excluding carboxylic acids is 3. The summed E-state index contributed by atoms with van der Waals surface area (Å²) in [6.07, 6.45) is 1.58. The Kier molecular flexibility index (Phi) is 8.58. The van der Waals surface area contributed by atoms with Crippen LogP contribution in [0.5, 0.6) is 11.5 Å². The van der Waals surface area contributed by atoms with Gasteiger partial charge in [0, 0.05) is 4.47 Å². The molecule has 0 saturated carbocycles. The highest BCUT2D eigenvalue weighted by molar-refractivity contribution is 9.10. The van der Waals surface area contributed by atoms with Crippen LogP contribution in [0.2, 0.25) is 5.02 Å². The fraction of sp³-hybridized carbons (Fsp3) is 0.148. The summed E-state index contributed by atoms with van der Waals surface area (Å²) in [5, 5.41) is 2.44. The molecule has 0 bridgehead atoms. The van der Waals surface area contributed by atoms with Crippen LogP contribution < -0.4 is 14.8 Å². The Labute approximate surface area is 231 Å². The fourth-order valence-corrected chi connectivity index (χ4v) is 4.90. The lowest BCUT2D eigenvalue weighted by Crippen LogP contribution is -2.36. The number of anilines is 1. The Balaban J connectivity index is 1.47. The number of halogens is 2. The topological polar surface area (TPSA) is 84.9 Å². The molecule has 0 radical (unpaired) electrons. The molecule has 1 heterocycles. The monoisotopic (exact) mass is 600 g/mol. The zero-order chi connectivity index (χ0) is 26.5. The highest BCUT2D eigenvalue weighted by Crippen LogP contribution is 2.38. The number of aryl methyl sites for hydroxylation is 1. The highest BCUT2D eigenvalue weighted by Gasteiger charge is 2.36. The van der Waals surface area contributed by atoms with Gasteiger partial charge in [0.2, 0.25) is 5.91 Å². The second kappa shape index (κ2) is 11.9. The van der Waals surface area contributed by atoms with Gasteiger partial charge in [0.1, 0.15) is 13.2 Å². The molecule has 1 fully saturated rings. The van der Waals surface area contributed by atoms with Gasteiger partial charge in [0.05, 0.1) is 22.7 Å². The average molecular weight is 602 g/mol. The molecule has 3 amide bonds. The van der Waals surface area contributed by atoms with Crippen LogP contribution in [0.3, 0.4) is 0 Å². The Morgan fingerprint density at radius 2 is 1.84 bits per heavy atom. The van der Waals surface area contributed by atoms with E-state index in [0.29, 0.717) is 38.9 Å². The summed E-state index contributed by atoms with van der Waals surface area (Å²) in [4.78, 5) is 39.0. The van der Waals surface area contributed by atoms with Crippen molar-refractivity contribution in [3.63, 3.8) is 0 Å². The molecular weight excluding hydrogens is 580 g/mol. The van der Waals surface area contributed by atoms with Crippen molar-refractivity contribution in [3.8, 4) is 11.5 Å². The van der Waals surface area contributed by atoms with Gasteiger partial charge in [0.15, 0.2) is 11.5 Å². The third-order valence-corrected chi connectivity index (χ3v) is 7.33. The quantitative estimate of drug-likeness (QED) is 0.290. The molecule has 3 aromatic carbocycles. The molecule has 10 heteroatoms. The van der Waals surface area contributed by atoms with Crippen molar-refractivity contribution in [1.82, 2.24) is 4.90 Å². The first kappa shape index (κ1) is 26.8. The average Bonchev–Trinajstić information content (AvgIpc) is 3.13. The molecule has 1 aliphatic heterocycles. The summed E-state index contributed by atoms with van der Waals surface area (Å²) in [6.45, 7) is 1.95. The van der Waals surface area contributed by atoms with Crippen molar-refractivity contribution < 1.29 is 23.9 Å². The number of hydrogen-bond donors (Lipinski definition) is 1. The van der Waals surface area contributed by atoms with E-state index in [4.69, 9.17) is 21.1 Å². The van der Waals surface area contributed by atoms with Gasteiger partial charge < -0.3 is 14.8 Å². The van der Waals surface area contributed by atoms with E-state index >= 15 is 0 Å². The number of rotatable bonds is 8. The van der Waals surface area contributed by atoms with E-state index in [2.05, 4.69) is 21.2 Å². The maximum atomic E-state index is 12.9. The summed E-state index contributed by atoms with van der Waals surface area (Å²) in [5.41, 5.74) is 3.20. The van der Waals surface area contributed by atoms with Gasteiger partial charge in [-0.05, 0) is 60.2 Å². The molecule has 1 aliphatic rings. The van der Waals surface area contributed by atoms with Crippen LogP contribution in [-0.2, 0) is 16.2 Å². The lowest BCUT2D eigenvalue weighted by Gasteiger charge is -2.14. The number of amides is 3. The summed E-state index contributed by atoms with van der Waals surface area (Å²) in [5.74, 6) is -0.0965. The summed E-state index contributed by atoms with van der Waals surface area (Å²) >= 11 is 10.3. The molecule has 0 spiro atoms. The lowest BCUT2D eigenvalue weighted by molar-refractivity contribution is -0.127. The first-order chi connectivity index (χ1) is 17.7. The standard InChI is InChI=1S/C27H22BrClN2O5S/c1-16-7-9-17(10-8-16)15-36-23-13-19(28)18(11-22(23)35-2)12-24-26(33)31(27(34)37-24)14-25(32)30-21-6-4-3-5-20(21)29/h3-13H,14-15H2,1-2H3,(H,30,32)/b24-12+. The van der Waals surface area contributed by atoms with Crippen molar-refractivity contribution in [3.05, 3.63) is 91.8 Å². The number of imide groups is 1. The van der Waals surface area contributed by atoms with Gasteiger partial charge in [-0.25, -0.2) is 0 Å². The number of nitrogens with one attached hydrogen (secondary N) is 1. The number of carbonyl (C=O) groups is 3. The van der Waals surface area contributed by atoms with E-state index in [9.17, 15) is 14.4 Å². The third-order valence-electron chi connectivity index (χ3n) is 5.41. The summed E-state index contributed by atoms with van der Waals surface area (Å²) in [7, 11) is 1.53.